The highest BCUT2D eigenvalue weighted by Gasteiger charge is 2.08. The van der Waals surface area contributed by atoms with Crippen LogP contribution in [0.25, 0.3) is 0 Å². The molecule has 0 bridgehead atoms. The van der Waals surface area contributed by atoms with Gasteiger partial charge in [0.05, 0.1) is 7.11 Å². The standard InChI is InChI=1S/C6H16N2O/c1-6(2,7)4-5-8-9-3/h8H,4-5,7H2,1-3H3. The zero-order chi connectivity index (χ0) is 7.33. The smallest absolute Gasteiger partial charge is 0.0572 e. The molecule has 0 aromatic heterocycles. The lowest BCUT2D eigenvalue weighted by Crippen LogP contribution is -2.35. The Kier molecular flexibility index (Phi) is 3.77. The van der Waals surface area contributed by atoms with E-state index < -0.39 is 0 Å². The van der Waals surface area contributed by atoms with Crippen LogP contribution >= 0.6 is 0 Å². The van der Waals surface area contributed by atoms with Gasteiger partial charge in [-0.3, -0.25) is 0 Å². The second kappa shape index (κ2) is 3.82. The van der Waals surface area contributed by atoms with Crippen LogP contribution in [-0.4, -0.2) is 19.2 Å². The van der Waals surface area contributed by atoms with Gasteiger partial charge in [0.25, 0.3) is 0 Å². The molecule has 3 N–H and O–H groups in total. The Balaban J connectivity index is 3.07. The summed E-state index contributed by atoms with van der Waals surface area (Å²) in [5, 5.41) is 0. The lowest BCUT2D eigenvalue weighted by Gasteiger charge is -2.17. The normalized spacial score (nSPS) is 12.0. The largest absolute Gasteiger partial charge is 0.326 e. The molecule has 0 aliphatic carbocycles. The van der Waals surface area contributed by atoms with E-state index in [-0.39, 0.29) is 5.54 Å². The molecule has 0 aliphatic rings. The molecule has 3 heteroatoms. The Hall–Kier alpha value is -0.120. The summed E-state index contributed by atoms with van der Waals surface area (Å²) in [5.74, 6) is 0. The van der Waals surface area contributed by atoms with E-state index in [1.165, 1.54) is 0 Å². The van der Waals surface area contributed by atoms with Crippen LogP contribution in [0.4, 0.5) is 0 Å². The molecule has 0 aromatic carbocycles. The molecule has 0 rings (SSSR count). The minimum atomic E-state index is -0.0917. The molecule has 0 aliphatic heterocycles. The van der Waals surface area contributed by atoms with Crippen molar-refractivity contribution >= 4 is 0 Å². The Morgan fingerprint density at radius 3 is 2.44 bits per heavy atom. The summed E-state index contributed by atoms with van der Waals surface area (Å²) in [4.78, 5) is 4.63. The third kappa shape index (κ3) is 7.88. The third-order valence-electron chi connectivity index (χ3n) is 1.02. The molecule has 9 heavy (non-hydrogen) atoms. The molecule has 0 saturated carbocycles. The number of hydrogen-bond acceptors (Lipinski definition) is 3. The summed E-state index contributed by atoms with van der Waals surface area (Å²) in [6, 6.07) is 0. The maximum atomic E-state index is 5.68. The maximum absolute atomic E-state index is 5.68. The minimum Gasteiger partial charge on any atom is -0.326 e. The van der Waals surface area contributed by atoms with Crippen molar-refractivity contribution in [2.75, 3.05) is 13.7 Å². The first-order valence-corrected chi connectivity index (χ1v) is 3.11. The molecule has 0 unspecified atom stereocenters. The molecule has 56 valence electrons. The van der Waals surface area contributed by atoms with Crippen molar-refractivity contribution in [3.63, 3.8) is 0 Å². The molecule has 0 heterocycles. The van der Waals surface area contributed by atoms with Gasteiger partial charge in [0, 0.05) is 12.1 Å². The predicted octanol–water partition coefficient (Wildman–Crippen LogP) is 0.265. The zero-order valence-corrected chi connectivity index (χ0v) is 6.40. The predicted molar refractivity (Wildman–Crippen MR) is 37.9 cm³/mol. The van der Waals surface area contributed by atoms with Crippen molar-refractivity contribution in [1.29, 1.82) is 0 Å². The average Bonchev–Trinajstić information content (AvgIpc) is 1.63. The van der Waals surface area contributed by atoms with Crippen LogP contribution in [0.2, 0.25) is 0 Å². The Morgan fingerprint density at radius 2 is 2.11 bits per heavy atom. The van der Waals surface area contributed by atoms with Crippen molar-refractivity contribution < 1.29 is 4.84 Å². The van der Waals surface area contributed by atoms with Gasteiger partial charge in [-0.05, 0) is 20.3 Å². The van der Waals surface area contributed by atoms with Gasteiger partial charge in [0.2, 0.25) is 0 Å². The Morgan fingerprint density at radius 1 is 1.56 bits per heavy atom. The van der Waals surface area contributed by atoms with Gasteiger partial charge in [-0.15, -0.1) is 0 Å². The van der Waals surface area contributed by atoms with Crippen molar-refractivity contribution in [3.8, 4) is 0 Å². The number of nitrogens with one attached hydrogen (secondary N) is 1. The summed E-state index contributed by atoms with van der Waals surface area (Å²) >= 11 is 0. The van der Waals surface area contributed by atoms with Crippen LogP contribution in [-0.2, 0) is 4.84 Å². The quantitative estimate of drug-likeness (QED) is 0.426. The average molecular weight is 132 g/mol. The lowest BCUT2D eigenvalue weighted by molar-refractivity contribution is 0.0870. The fourth-order valence-electron chi connectivity index (χ4n) is 0.475. The van der Waals surface area contributed by atoms with Gasteiger partial charge in [0.1, 0.15) is 0 Å². The van der Waals surface area contributed by atoms with Crippen LogP contribution in [0.1, 0.15) is 20.3 Å². The van der Waals surface area contributed by atoms with Gasteiger partial charge in [-0.2, -0.15) is 0 Å². The SMILES string of the molecule is CONCCC(C)(C)N. The first-order chi connectivity index (χ1) is 4.06. The van der Waals surface area contributed by atoms with Crippen molar-refractivity contribution in [2.24, 2.45) is 5.73 Å². The lowest BCUT2D eigenvalue weighted by atomic mass is 10.0. The van der Waals surface area contributed by atoms with Crippen LogP contribution in [0.15, 0.2) is 0 Å². The molecular weight excluding hydrogens is 116 g/mol. The zero-order valence-electron chi connectivity index (χ0n) is 6.40. The fourth-order valence-corrected chi connectivity index (χ4v) is 0.475. The van der Waals surface area contributed by atoms with Crippen LogP contribution < -0.4 is 11.2 Å². The van der Waals surface area contributed by atoms with E-state index in [1.54, 1.807) is 7.11 Å². The molecule has 0 spiro atoms. The third-order valence-corrected chi connectivity index (χ3v) is 1.02. The fraction of sp³-hybridized carbons (Fsp3) is 1.00. The van der Waals surface area contributed by atoms with Crippen LogP contribution in [0.5, 0.6) is 0 Å². The van der Waals surface area contributed by atoms with Gasteiger partial charge in [-0.25, -0.2) is 5.48 Å². The van der Waals surface area contributed by atoms with Crippen molar-refractivity contribution in [2.45, 2.75) is 25.8 Å². The highest BCUT2D eigenvalue weighted by atomic mass is 16.6. The van der Waals surface area contributed by atoms with E-state index in [4.69, 9.17) is 5.73 Å². The topological polar surface area (TPSA) is 47.3 Å². The first kappa shape index (κ1) is 8.88. The van der Waals surface area contributed by atoms with Gasteiger partial charge in [-0.1, -0.05) is 0 Å². The molecular formula is C6H16N2O. The summed E-state index contributed by atoms with van der Waals surface area (Å²) in [6.45, 7) is 4.79. The second-order valence-corrected chi connectivity index (χ2v) is 2.84. The monoisotopic (exact) mass is 132 g/mol. The summed E-state index contributed by atoms with van der Waals surface area (Å²) in [5.41, 5.74) is 8.31. The number of hydrogen-bond donors (Lipinski definition) is 2. The molecule has 0 radical (unpaired) electrons. The van der Waals surface area contributed by atoms with Crippen molar-refractivity contribution in [3.05, 3.63) is 0 Å². The second-order valence-electron chi connectivity index (χ2n) is 2.84. The molecule has 0 atom stereocenters. The Labute approximate surface area is 56.5 Å². The summed E-state index contributed by atoms with van der Waals surface area (Å²) < 4.78 is 0. The molecule has 0 fully saturated rings. The van der Waals surface area contributed by atoms with E-state index in [0.29, 0.717) is 0 Å². The maximum Gasteiger partial charge on any atom is 0.0572 e. The molecule has 3 nitrogen and oxygen atoms in total. The van der Waals surface area contributed by atoms with Gasteiger partial charge in [0.15, 0.2) is 0 Å². The van der Waals surface area contributed by atoms with Crippen molar-refractivity contribution in [1.82, 2.24) is 5.48 Å². The number of nitrogens with two attached hydrogens (primary N) is 1. The van der Waals surface area contributed by atoms with E-state index in [0.717, 1.165) is 13.0 Å². The highest BCUT2D eigenvalue weighted by Crippen LogP contribution is 2.00. The van der Waals surface area contributed by atoms with E-state index in [2.05, 4.69) is 10.3 Å². The first-order valence-electron chi connectivity index (χ1n) is 3.11. The molecule has 0 aromatic rings. The van der Waals surface area contributed by atoms with Gasteiger partial charge >= 0.3 is 0 Å². The molecule has 0 amide bonds. The van der Waals surface area contributed by atoms with E-state index in [1.807, 2.05) is 13.8 Å². The molecule has 0 saturated heterocycles. The summed E-state index contributed by atoms with van der Waals surface area (Å²) in [7, 11) is 1.60. The van der Waals surface area contributed by atoms with Crippen LogP contribution in [0, 0.1) is 0 Å². The van der Waals surface area contributed by atoms with Gasteiger partial charge < -0.3 is 10.6 Å². The van der Waals surface area contributed by atoms with E-state index >= 15 is 0 Å². The summed E-state index contributed by atoms with van der Waals surface area (Å²) in [6.07, 6.45) is 0.918. The number of rotatable bonds is 4. The Bertz CT molecular complexity index is 67.9. The highest BCUT2D eigenvalue weighted by molar-refractivity contribution is 4.71. The number of hydroxylamine groups is 1. The van der Waals surface area contributed by atoms with Crippen LogP contribution in [0.3, 0.4) is 0 Å². The van der Waals surface area contributed by atoms with E-state index in [9.17, 15) is 0 Å². The minimum absolute atomic E-state index is 0.0917.